The van der Waals surface area contributed by atoms with Crippen LogP contribution in [0.1, 0.15) is 48.9 Å². The lowest BCUT2D eigenvalue weighted by molar-refractivity contribution is -0.122. The third-order valence-electron chi connectivity index (χ3n) is 10.0. The minimum atomic E-state index is -0.00224. The summed E-state index contributed by atoms with van der Waals surface area (Å²) in [5.41, 5.74) is 10.5. The molecule has 2 aliphatic heterocycles. The molecule has 224 valence electrons. The number of pyridine rings is 1. The topological polar surface area (TPSA) is 132 Å². The molecule has 0 radical (unpaired) electrons. The molecule has 1 unspecified atom stereocenters. The van der Waals surface area contributed by atoms with E-state index in [0.717, 1.165) is 71.8 Å². The summed E-state index contributed by atoms with van der Waals surface area (Å²) >= 11 is 0. The molecule has 2 bridgehead atoms. The first-order chi connectivity index (χ1) is 20.9. The van der Waals surface area contributed by atoms with Gasteiger partial charge in [-0.15, -0.1) is 0 Å². The number of nitrogens with one attached hydrogen (secondary N) is 2. The zero-order valence-corrected chi connectivity index (χ0v) is 24.7. The van der Waals surface area contributed by atoms with Crippen molar-refractivity contribution in [3.8, 4) is 17.3 Å². The summed E-state index contributed by atoms with van der Waals surface area (Å²) in [5.74, 6) is 3.28. The van der Waals surface area contributed by atoms with Gasteiger partial charge in [-0.1, -0.05) is 0 Å². The lowest BCUT2D eigenvalue weighted by Crippen LogP contribution is -2.41. The fourth-order valence-electron chi connectivity index (χ4n) is 7.52. The van der Waals surface area contributed by atoms with Crippen molar-refractivity contribution in [2.45, 2.75) is 63.2 Å². The molecule has 2 saturated heterocycles. The molecule has 11 nitrogen and oxygen atoms in total. The van der Waals surface area contributed by atoms with Crippen LogP contribution in [0.3, 0.4) is 0 Å². The third-order valence-corrected chi connectivity index (χ3v) is 10.0. The quantitative estimate of drug-likeness (QED) is 0.305. The Hall–Kier alpha value is -4.12. The third kappa shape index (κ3) is 4.43. The number of imidazole rings is 1. The molecule has 2 aliphatic carbocycles. The Bertz CT molecular complexity index is 1770. The summed E-state index contributed by atoms with van der Waals surface area (Å²) < 4.78 is 10.2. The van der Waals surface area contributed by atoms with Crippen molar-refractivity contribution in [2.75, 3.05) is 25.5 Å². The van der Waals surface area contributed by atoms with Crippen molar-refractivity contribution >= 4 is 39.7 Å². The Labute approximate surface area is 249 Å². The predicted molar refractivity (Wildman–Crippen MR) is 164 cm³/mol. The monoisotopic (exact) mass is 582 g/mol. The number of methoxy groups -OCH3 is 1. The van der Waals surface area contributed by atoms with Crippen molar-refractivity contribution < 1.29 is 14.3 Å². The van der Waals surface area contributed by atoms with Crippen LogP contribution in [0.4, 0.5) is 5.82 Å². The lowest BCUT2D eigenvalue weighted by Gasteiger charge is -2.27. The van der Waals surface area contributed by atoms with Gasteiger partial charge in [-0.2, -0.15) is 0 Å². The zero-order chi connectivity index (χ0) is 29.4. The molecule has 3 aromatic heterocycles. The second-order valence-corrected chi connectivity index (χ2v) is 12.9. The molecule has 4 fully saturated rings. The number of carbonyl (C=O) groups excluding carboxylic acids is 2. The minimum absolute atomic E-state index is 0.00224. The average Bonchev–Trinajstić information content (AvgIpc) is 3.41. The number of benzene rings is 1. The summed E-state index contributed by atoms with van der Waals surface area (Å²) in [6.07, 6.45) is 5.80. The van der Waals surface area contributed by atoms with Crippen LogP contribution in [0, 0.1) is 11.8 Å². The highest BCUT2D eigenvalue weighted by molar-refractivity contribution is 6.00. The van der Waals surface area contributed by atoms with E-state index in [2.05, 4.69) is 31.9 Å². The molecule has 0 spiro atoms. The van der Waals surface area contributed by atoms with E-state index in [4.69, 9.17) is 20.4 Å². The van der Waals surface area contributed by atoms with Gasteiger partial charge in [0.1, 0.15) is 22.7 Å². The highest BCUT2D eigenvalue weighted by atomic mass is 16.5. The van der Waals surface area contributed by atoms with Crippen LogP contribution in [-0.2, 0) is 18.4 Å². The highest BCUT2D eigenvalue weighted by Gasteiger charge is 2.47. The summed E-state index contributed by atoms with van der Waals surface area (Å²) in [6, 6.07) is 10.2. The SMILES string of the molecule is COc1cc(C(=O)N2C[C@H]3CC[C@@H]2[C@@H]3N)cc2nc(-c3cc4ccc(NC5CCNC(=O)C5)nc4n3CC3CC3)n(C)c12. The van der Waals surface area contributed by atoms with E-state index in [1.807, 2.05) is 30.1 Å². The van der Waals surface area contributed by atoms with Gasteiger partial charge in [0.15, 0.2) is 5.82 Å². The number of hydrogen-bond acceptors (Lipinski definition) is 7. The van der Waals surface area contributed by atoms with Gasteiger partial charge in [0.25, 0.3) is 5.91 Å². The first-order valence-electron chi connectivity index (χ1n) is 15.5. The van der Waals surface area contributed by atoms with Crippen LogP contribution in [0.25, 0.3) is 33.6 Å². The normalized spacial score (nSPS) is 25.1. The van der Waals surface area contributed by atoms with E-state index in [1.165, 1.54) is 12.8 Å². The molecule has 4 N–H and O–H groups in total. The molecule has 8 rings (SSSR count). The number of hydrogen-bond donors (Lipinski definition) is 3. The van der Waals surface area contributed by atoms with Crippen molar-refractivity contribution in [3.05, 3.63) is 35.9 Å². The Balaban J connectivity index is 1.19. The lowest BCUT2D eigenvalue weighted by atomic mass is 10.1. The minimum Gasteiger partial charge on any atom is -0.494 e. The number of amides is 2. The number of anilines is 1. The maximum Gasteiger partial charge on any atom is 0.254 e. The zero-order valence-electron chi connectivity index (χ0n) is 24.7. The summed E-state index contributed by atoms with van der Waals surface area (Å²) in [5, 5.41) is 7.42. The van der Waals surface area contributed by atoms with Crippen molar-refractivity contribution in [2.24, 2.45) is 24.6 Å². The first kappa shape index (κ1) is 26.5. The summed E-state index contributed by atoms with van der Waals surface area (Å²) in [6.45, 7) is 2.26. The van der Waals surface area contributed by atoms with Crippen LogP contribution in [0.5, 0.6) is 5.75 Å². The Morgan fingerprint density at radius 2 is 2.00 bits per heavy atom. The molecule has 1 aromatic carbocycles. The van der Waals surface area contributed by atoms with E-state index < -0.39 is 0 Å². The number of aryl methyl sites for hydroxylation is 1. The molecule has 2 saturated carbocycles. The Morgan fingerprint density at radius 1 is 1.14 bits per heavy atom. The standard InChI is InChI=1S/C32H38N8O3/c1-38-29-22(11-20(13-25(29)43-2)32(42)40-16-19-5-7-23(40)28(19)33)36-31(38)24-12-18-6-8-26(35-21-9-10-34-27(41)14-21)37-30(18)39(24)15-17-3-4-17/h6,8,11-13,17,19,21,23,28H,3-5,7,9-10,14-16,33H2,1-2H3,(H,34,41)(H,35,37)/t19-,21?,23-,28-/m1/s1. The number of likely N-dealkylation sites (tertiary alicyclic amines) is 1. The maximum absolute atomic E-state index is 13.7. The number of rotatable bonds is 7. The molecule has 4 aromatic rings. The number of carbonyl (C=O) groups is 2. The van der Waals surface area contributed by atoms with Gasteiger partial charge in [0.2, 0.25) is 5.91 Å². The molecule has 2 amide bonds. The Morgan fingerprint density at radius 3 is 2.72 bits per heavy atom. The summed E-state index contributed by atoms with van der Waals surface area (Å²) in [4.78, 5) is 37.7. The highest BCUT2D eigenvalue weighted by Crippen LogP contribution is 2.40. The molecular formula is C32H38N8O3. The van der Waals surface area contributed by atoms with Gasteiger partial charge in [-0.3, -0.25) is 9.59 Å². The van der Waals surface area contributed by atoms with Crippen LogP contribution < -0.4 is 21.1 Å². The molecule has 11 heteroatoms. The maximum atomic E-state index is 13.7. The van der Waals surface area contributed by atoms with Gasteiger partial charge in [0, 0.05) is 62.2 Å². The number of nitrogens with two attached hydrogens (primary N) is 1. The van der Waals surface area contributed by atoms with E-state index in [1.54, 1.807) is 7.11 Å². The number of nitrogens with zero attached hydrogens (tertiary/aromatic N) is 5. The van der Waals surface area contributed by atoms with Crippen molar-refractivity contribution in [1.82, 2.24) is 29.3 Å². The van der Waals surface area contributed by atoms with Gasteiger partial charge in [0.05, 0.1) is 18.3 Å². The van der Waals surface area contributed by atoms with E-state index in [-0.39, 0.29) is 29.9 Å². The molecular weight excluding hydrogens is 544 g/mol. The van der Waals surface area contributed by atoms with Crippen LogP contribution in [0.15, 0.2) is 30.3 Å². The number of ether oxygens (including phenoxy) is 1. The fraction of sp³-hybridized carbons (Fsp3) is 0.500. The van der Waals surface area contributed by atoms with E-state index in [9.17, 15) is 9.59 Å². The second-order valence-electron chi connectivity index (χ2n) is 12.9. The molecule has 4 aliphatic rings. The second kappa shape index (κ2) is 9.97. The number of piperidine rings is 2. The smallest absolute Gasteiger partial charge is 0.254 e. The molecule has 5 heterocycles. The Kier molecular flexibility index (Phi) is 6.15. The fourth-order valence-corrected chi connectivity index (χ4v) is 7.52. The van der Waals surface area contributed by atoms with Crippen LogP contribution >= 0.6 is 0 Å². The van der Waals surface area contributed by atoms with E-state index >= 15 is 0 Å². The molecule has 43 heavy (non-hydrogen) atoms. The average molecular weight is 583 g/mol. The van der Waals surface area contributed by atoms with E-state index in [0.29, 0.717) is 36.1 Å². The van der Waals surface area contributed by atoms with Gasteiger partial charge < -0.3 is 35.1 Å². The first-order valence-corrected chi connectivity index (χ1v) is 15.5. The predicted octanol–water partition coefficient (Wildman–Crippen LogP) is 3.26. The molecule has 4 atom stereocenters. The van der Waals surface area contributed by atoms with Crippen molar-refractivity contribution in [3.63, 3.8) is 0 Å². The van der Waals surface area contributed by atoms with Gasteiger partial charge in [-0.25, -0.2) is 9.97 Å². The number of fused-ring (bicyclic) bond motifs is 4. The van der Waals surface area contributed by atoms with Gasteiger partial charge >= 0.3 is 0 Å². The number of aromatic nitrogens is 4. The van der Waals surface area contributed by atoms with Crippen LogP contribution in [-0.4, -0.2) is 74.1 Å². The largest absolute Gasteiger partial charge is 0.494 e. The van der Waals surface area contributed by atoms with Gasteiger partial charge in [-0.05, 0) is 74.3 Å². The van der Waals surface area contributed by atoms with Crippen molar-refractivity contribution in [1.29, 1.82) is 0 Å². The van der Waals surface area contributed by atoms with Crippen LogP contribution in [0.2, 0.25) is 0 Å². The summed E-state index contributed by atoms with van der Waals surface area (Å²) in [7, 11) is 3.64.